The van der Waals surface area contributed by atoms with E-state index in [1.54, 1.807) is 0 Å². The van der Waals surface area contributed by atoms with E-state index in [-0.39, 0.29) is 18.9 Å². The van der Waals surface area contributed by atoms with Crippen molar-refractivity contribution < 1.29 is 23.3 Å². The molecule has 0 aliphatic rings. The van der Waals surface area contributed by atoms with Gasteiger partial charge in [-0.05, 0) is 26.1 Å². The van der Waals surface area contributed by atoms with E-state index in [0.29, 0.717) is 0 Å². The Kier molecular flexibility index (Phi) is 6.64. The Bertz CT molecular complexity index is 226. The minimum absolute atomic E-state index is 0. The summed E-state index contributed by atoms with van der Waals surface area (Å²) >= 11 is 0. The van der Waals surface area contributed by atoms with Gasteiger partial charge in [0.2, 0.25) is 0 Å². The van der Waals surface area contributed by atoms with Crippen LogP contribution in [0.2, 0.25) is 19.6 Å². The van der Waals surface area contributed by atoms with Crippen LogP contribution in [0, 0.1) is 0 Å². The van der Waals surface area contributed by atoms with Gasteiger partial charge in [0.05, 0.1) is 0 Å². The molecule has 0 atom stereocenters. The van der Waals surface area contributed by atoms with E-state index in [4.69, 9.17) is 4.43 Å². The molecule has 1 nitrogen and oxygen atoms in total. The van der Waals surface area contributed by atoms with E-state index in [2.05, 4.69) is 43.9 Å². The fraction of sp³-hybridized carbons (Fsp3) is 0.545. The van der Waals surface area contributed by atoms with Crippen LogP contribution in [0.3, 0.4) is 0 Å². The molecule has 0 saturated carbocycles. The average molecular weight is 202 g/mol. The van der Waals surface area contributed by atoms with Gasteiger partial charge in [-0.25, -0.2) is 12.1 Å². The third-order valence-corrected chi connectivity index (χ3v) is 2.95. The van der Waals surface area contributed by atoms with Crippen molar-refractivity contribution in [2.45, 2.75) is 32.5 Å². The van der Waals surface area contributed by atoms with E-state index in [9.17, 15) is 0 Å². The van der Waals surface area contributed by atoms with Gasteiger partial charge in [-0.3, -0.25) is 0 Å². The van der Waals surface area contributed by atoms with Gasteiger partial charge < -0.3 is 4.43 Å². The Labute approximate surface area is 101 Å². The van der Waals surface area contributed by atoms with Gasteiger partial charge in [-0.1, -0.05) is 6.42 Å². The van der Waals surface area contributed by atoms with Gasteiger partial charge >= 0.3 is 18.9 Å². The Morgan fingerprint density at radius 1 is 1.14 bits per heavy atom. The van der Waals surface area contributed by atoms with Crippen LogP contribution in [0.4, 0.5) is 0 Å². The predicted molar refractivity (Wildman–Crippen MR) is 59.7 cm³/mol. The molecule has 0 amide bonds. The summed E-state index contributed by atoms with van der Waals surface area (Å²) in [5.41, 5.74) is 1.43. The summed E-state index contributed by atoms with van der Waals surface area (Å²) in [6, 6.07) is 8.53. The van der Waals surface area contributed by atoms with Crippen LogP contribution in [-0.4, -0.2) is 14.9 Å². The fourth-order valence-corrected chi connectivity index (χ4v) is 1.99. The molecule has 0 fully saturated rings. The maximum Gasteiger partial charge on any atom is 1.00 e. The maximum atomic E-state index is 5.77. The first-order valence-electron chi connectivity index (χ1n) is 4.92. The molecule has 0 spiro atoms. The molecular weight excluding hydrogens is 183 g/mol. The van der Waals surface area contributed by atoms with Crippen molar-refractivity contribution >= 4 is 8.32 Å². The van der Waals surface area contributed by atoms with Gasteiger partial charge in [0.1, 0.15) is 0 Å². The molecule has 14 heavy (non-hydrogen) atoms. The van der Waals surface area contributed by atoms with Crippen molar-refractivity contribution in [2.75, 3.05) is 6.61 Å². The van der Waals surface area contributed by atoms with Crippen molar-refractivity contribution in [3.05, 3.63) is 29.8 Å². The average Bonchev–Trinajstić information content (AvgIpc) is 2.48. The zero-order valence-electron chi connectivity index (χ0n) is 9.84. The molecule has 3 heteroatoms. The fourth-order valence-electron chi connectivity index (χ4n) is 1.24. The monoisotopic (exact) mass is 202 g/mol. The Balaban J connectivity index is 0.00000169. The molecule has 0 radical (unpaired) electrons. The first-order chi connectivity index (χ1) is 6.08. The summed E-state index contributed by atoms with van der Waals surface area (Å²) in [5, 5.41) is 0. The van der Waals surface area contributed by atoms with Crippen LogP contribution in [0.25, 0.3) is 0 Å². The quantitative estimate of drug-likeness (QED) is 0.376. The smallest absolute Gasteiger partial charge is 0.418 e. The molecule has 1 aromatic carbocycles. The number of hydrogen-bond acceptors (Lipinski definition) is 1. The SMILES string of the molecule is C[Si](C)(C)OCCC[c-]1cccc1.[Li+]. The van der Waals surface area contributed by atoms with Crippen molar-refractivity contribution in [1.82, 2.24) is 0 Å². The van der Waals surface area contributed by atoms with Gasteiger partial charge in [0, 0.05) is 6.61 Å². The molecule has 0 aromatic heterocycles. The summed E-state index contributed by atoms with van der Waals surface area (Å²) in [4.78, 5) is 0. The zero-order valence-corrected chi connectivity index (χ0v) is 10.8. The van der Waals surface area contributed by atoms with Crippen molar-refractivity contribution in [3.8, 4) is 0 Å². The summed E-state index contributed by atoms with van der Waals surface area (Å²) in [7, 11) is -1.28. The molecule has 0 saturated heterocycles. The Morgan fingerprint density at radius 2 is 1.71 bits per heavy atom. The standard InChI is InChI=1S/C11H19OSi.Li/c1-13(2,3)12-10-6-9-11-7-4-5-8-11;/h4-5,7-8H,6,9-10H2,1-3H3;/q-1;+1. The Morgan fingerprint density at radius 3 is 2.21 bits per heavy atom. The zero-order chi connectivity index (χ0) is 9.73. The molecule has 1 rings (SSSR count). The van der Waals surface area contributed by atoms with Crippen molar-refractivity contribution in [1.29, 1.82) is 0 Å². The minimum Gasteiger partial charge on any atom is -0.418 e. The second kappa shape index (κ2) is 6.58. The first-order valence-corrected chi connectivity index (χ1v) is 8.33. The van der Waals surface area contributed by atoms with Crippen LogP contribution in [-0.2, 0) is 10.8 Å². The molecule has 0 aliphatic carbocycles. The summed E-state index contributed by atoms with van der Waals surface area (Å²) in [6.45, 7) is 7.61. The predicted octanol–water partition coefficient (Wildman–Crippen LogP) is 0.194. The van der Waals surface area contributed by atoms with Crippen LogP contribution >= 0.6 is 0 Å². The van der Waals surface area contributed by atoms with E-state index in [1.165, 1.54) is 5.56 Å². The third-order valence-electron chi connectivity index (χ3n) is 1.88. The minimum atomic E-state index is -1.28. The van der Waals surface area contributed by atoms with Gasteiger partial charge in [-0.2, -0.15) is 17.7 Å². The normalized spacial score (nSPS) is 11.1. The summed E-state index contributed by atoms with van der Waals surface area (Å²) < 4.78 is 5.77. The number of hydrogen-bond donors (Lipinski definition) is 0. The van der Waals surface area contributed by atoms with E-state index in [1.807, 2.05) is 0 Å². The first kappa shape index (κ1) is 14.1. The maximum absolute atomic E-state index is 5.77. The van der Waals surface area contributed by atoms with Crippen molar-refractivity contribution in [2.24, 2.45) is 0 Å². The number of aryl methyl sites for hydroxylation is 1. The number of rotatable bonds is 5. The summed E-state index contributed by atoms with van der Waals surface area (Å²) in [6.07, 6.45) is 2.30. The molecule has 0 N–H and O–H groups in total. The van der Waals surface area contributed by atoms with E-state index < -0.39 is 8.32 Å². The van der Waals surface area contributed by atoms with Crippen LogP contribution in [0.1, 0.15) is 12.0 Å². The van der Waals surface area contributed by atoms with Gasteiger partial charge in [0.15, 0.2) is 8.32 Å². The van der Waals surface area contributed by atoms with Crippen LogP contribution in [0.5, 0.6) is 0 Å². The molecule has 0 heterocycles. The van der Waals surface area contributed by atoms with Gasteiger partial charge in [0.25, 0.3) is 0 Å². The largest absolute Gasteiger partial charge is 1.00 e. The van der Waals surface area contributed by atoms with E-state index >= 15 is 0 Å². The third kappa shape index (κ3) is 6.56. The topological polar surface area (TPSA) is 9.23 Å². The van der Waals surface area contributed by atoms with Crippen molar-refractivity contribution in [3.63, 3.8) is 0 Å². The molecule has 74 valence electrons. The molecule has 0 unspecified atom stereocenters. The second-order valence-electron chi connectivity index (χ2n) is 4.36. The van der Waals surface area contributed by atoms with E-state index in [0.717, 1.165) is 19.4 Å². The van der Waals surface area contributed by atoms with Gasteiger partial charge in [-0.15, -0.1) is 0 Å². The molecule has 1 aromatic rings. The molecule has 0 bridgehead atoms. The van der Waals surface area contributed by atoms with Crippen LogP contribution in [0.15, 0.2) is 24.3 Å². The molecule has 0 aliphatic heterocycles. The second-order valence-corrected chi connectivity index (χ2v) is 8.87. The molecular formula is C11H19LiOSi. The summed E-state index contributed by atoms with van der Waals surface area (Å²) in [5.74, 6) is 0. The van der Waals surface area contributed by atoms with Crippen LogP contribution < -0.4 is 18.9 Å². The Hall–Kier alpha value is 0.124.